The first-order chi connectivity index (χ1) is 11.7. The van der Waals surface area contributed by atoms with Crippen LogP contribution in [0.15, 0.2) is 22.5 Å². The number of hydrogen-bond donors (Lipinski definition) is 2. The van der Waals surface area contributed by atoms with Crippen LogP contribution >= 0.6 is 11.3 Å². The van der Waals surface area contributed by atoms with Gasteiger partial charge in [-0.2, -0.15) is 0 Å². The van der Waals surface area contributed by atoms with Gasteiger partial charge < -0.3 is 20.3 Å². The van der Waals surface area contributed by atoms with Crippen LogP contribution in [0, 0.1) is 5.92 Å². The largest absolute Gasteiger partial charge is 0.381 e. The minimum absolute atomic E-state index is 0.504. The van der Waals surface area contributed by atoms with Gasteiger partial charge in [0.05, 0.1) is 5.00 Å². The summed E-state index contributed by atoms with van der Waals surface area (Å²) in [6, 6.07) is 4.84. The molecule has 0 aliphatic carbocycles. The zero-order valence-corrected chi connectivity index (χ0v) is 16.1. The lowest BCUT2D eigenvalue weighted by Gasteiger charge is -2.33. The Hall–Kier alpha value is -1.27. The molecule has 0 spiro atoms. The zero-order valence-electron chi connectivity index (χ0n) is 15.3. The number of rotatable bonds is 8. The van der Waals surface area contributed by atoms with Crippen LogP contribution in [0.1, 0.15) is 33.1 Å². The Balaban J connectivity index is 1.60. The van der Waals surface area contributed by atoms with Gasteiger partial charge in [-0.3, -0.25) is 4.99 Å². The van der Waals surface area contributed by atoms with Crippen LogP contribution in [0.25, 0.3) is 0 Å². The Morgan fingerprint density at radius 1 is 1.42 bits per heavy atom. The van der Waals surface area contributed by atoms with Gasteiger partial charge in [-0.25, -0.2) is 0 Å². The first-order valence-corrected chi connectivity index (χ1v) is 9.90. The third-order valence-corrected chi connectivity index (χ3v) is 5.02. The van der Waals surface area contributed by atoms with Crippen molar-refractivity contribution in [2.75, 3.05) is 44.8 Å². The summed E-state index contributed by atoms with van der Waals surface area (Å²) in [4.78, 5) is 6.82. The number of hydrogen-bond acceptors (Lipinski definition) is 4. The predicted molar refractivity (Wildman–Crippen MR) is 104 cm³/mol. The monoisotopic (exact) mass is 352 g/mol. The van der Waals surface area contributed by atoms with E-state index < -0.39 is 0 Å². The second-order valence-electron chi connectivity index (χ2n) is 6.68. The summed E-state index contributed by atoms with van der Waals surface area (Å²) in [5.41, 5.74) is 0. The van der Waals surface area contributed by atoms with Gasteiger partial charge >= 0.3 is 0 Å². The highest BCUT2D eigenvalue weighted by atomic mass is 32.1. The van der Waals surface area contributed by atoms with Gasteiger partial charge in [-0.1, -0.05) is 13.8 Å². The molecule has 1 aromatic heterocycles. The number of nitrogens with one attached hydrogen (secondary N) is 2. The van der Waals surface area contributed by atoms with E-state index in [0.717, 1.165) is 58.1 Å². The molecule has 2 heterocycles. The average Bonchev–Trinajstić information content (AvgIpc) is 3.11. The molecule has 0 unspecified atom stereocenters. The maximum Gasteiger partial charge on any atom is 0.191 e. The molecule has 2 rings (SSSR count). The Morgan fingerprint density at radius 3 is 2.83 bits per heavy atom. The molecule has 1 aliphatic rings. The molecule has 1 fully saturated rings. The number of ether oxygens (including phenoxy) is 1. The molecule has 0 radical (unpaired) electrons. The Morgan fingerprint density at radius 2 is 2.21 bits per heavy atom. The molecular weight excluding hydrogens is 320 g/mol. The molecule has 0 aromatic carbocycles. The van der Waals surface area contributed by atoms with Gasteiger partial charge in [0.15, 0.2) is 5.96 Å². The maximum absolute atomic E-state index is 5.60. The van der Waals surface area contributed by atoms with Gasteiger partial charge in [-0.15, -0.1) is 11.3 Å². The van der Waals surface area contributed by atoms with Crippen molar-refractivity contribution >= 4 is 22.3 Å². The number of aliphatic imine (C=N–C) groups is 1. The van der Waals surface area contributed by atoms with E-state index in [9.17, 15) is 0 Å². The fourth-order valence-corrected chi connectivity index (χ4v) is 3.57. The second-order valence-corrected chi connectivity index (χ2v) is 7.60. The van der Waals surface area contributed by atoms with Gasteiger partial charge in [0.2, 0.25) is 0 Å². The third kappa shape index (κ3) is 6.69. The van der Waals surface area contributed by atoms with Gasteiger partial charge in [-0.05, 0) is 42.7 Å². The van der Waals surface area contributed by atoms with Crippen LogP contribution in [0.3, 0.4) is 0 Å². The standard InChI is InChI=1S/C18H32N4OS/c1-15(2)14-23-12-5-9-20-18(19-3)21-16-7-10-22(11-8-16)17-6-4-13-24-17/h4,6,13,15-16H,5,7-12,14H2,1-3H3,(H2,19,20,21). The summed E-state index contributed by atoms with van der Waals surface area (Å²) >= 11 is 1.83. The molecular formula is C18H32N4OS. The first kappa shape index (κ1) is 19.1. The molecule has 136 valence electrons. The molecule has 1 aromatic rings. The number of thiophene rings is 1. The number of nitrogens with zero attached hydrogens (tertiary/aromatic N) is 2. The summed E-state index contributed by atoms with van der Waals surface area (Å²) in [7, 11) is 1.84. The number of anilines is 1. The van der Waals surface area contributed by atoms with Crippen molar-refractivity contribution in [3.63, 3.8) is 0 Å². The number of piperidine rings is 1. The van der Waals surface area contributed by atoms with Crippen LogP contribution in [-0.2, 0) is 4.74 Å². The highest BCUT2D eigenvalue weighted by molar-refractivity contribution is 7.14. The van der Waals surface area contributed by atoms with E-state index in [0.29, 0.717) is 12.0 Å². The molecule has 5 nitrogen and oxygen atoms in total. The van der Waals surface area contributed by atoms with Gasteiger partial charge in [0, 0.05) is 45.9 Å². The number of guanidine groups is 1. The fraction of sp³-hybridized carbons (Fsp3) is 0.722. The molecule has 0 amide bonds. The lowest BCUT2D eigenvalue weighted by Crippen LogP contribution is -2.48. The summed E-state index contributed by atoms with van der Waals surface area (Å²) < 4.78 is 5.60. The summed E-state index contributed by atoms with van der Waals surface area (Å²) in [6.45, 7) is 9.11. The lowest BCUT2D eigenvalue weighted by atomic mass is 10.1. The van der Waals surface area contributed by atoms with Crippen LogP contribution < -0.4 is 15.5 Å². The molecule has 24 heavy (non-hydrogen) atoms. The fourth-order valence-electron chi connectivity index (χ4n) is 2.78. The lowest BCUT2D eigenvalue weighted by molar-refractivity contribution is 0.108. The van der Waals surface area contributed by atoms with Crippen LogP contribution in [0.5, 0.6) is 0 Å². The quantitative estimate of drug-likeness (QED) is 0.429. The molecule has 1 aliphatic heterocycles. The maximum atomic E-state index is 5.60. The Labute approximate surface area is 150 Å². The second kappa shape index (κ2) is 10.6. The predicted octanol–water partition coefficient (Wildman–Crippen LogP) is 2.94. The zero-order chi connectivity index (χ0) is 17.2. The van der Waals surface area contributed by atoms with E-state index in [1.54, 1.807) is 0 Å². The topological polar surface area (TPSA) is 48.9 Å². The van der Waals surface area contributed by atoms with E-state index in [-0.39, 0.29) is 0 Å². The highest BCUT2D eigenvalue weighted by Crippen LogP contribution is 2.24. The van der Waals surface area contributed by atoms with Crippen molar-refractivity contribution in [3.05, 3.63) is 17.5 Å². The third-order valence-electron chi connectivity index (χ3n) is 4.09. The molecule has 0 bridgehead atoms. The van der Waals surface area contributed by atoms with Crippen molar-refractivity contribution in [1.29, 1.82) is 0 Å². The average molecular weight is 353 g/mol. The van der Waals surface area contributed by atoms with E-state index in [4.69, 9.17) is 4.74 Å². The smallest absolute Gasteiger partial charge is 0.191 e. The Bertz CT molecular complexity index is 467. The summed E-state index contributed by atoms with van der Waals surface area (Å²) in [6.07, 6.45) is 3.30. The van der Waals surface area contributed by atoms with E-state index in [1.165, 1.54) is 5.00 Å². The highest BCUT2D eigenvalue weighted by Gasteiger charge is 2.20. The van der Waals surface area contributed by atoms with E-state index in [2.05, 4.69) is 51.9 Å². The summed E-state index contributed by atoms with van der Waals surface area (Å²) in [5, 5.41) is 10.5. The molecule has 1 saturated heterocycles. The van der Waals surface area contributed by atoms with Crippen LogP contribution in [0.2, 0.25) is 0 Å². The molecule has 0 atom stereocenters. The molecule has 6 heteroatoms. The van der Waals surface area contributed by atoms with Crippen molar-refractivity contribution in [1.82, 2.24) is 10.6 Å². The van der Waals surface area contributed by atoms with Gasteiger partial charge in [0.25, 0.3) is 0 Å². The van der Waals surface area contributed by atoms with E-state index >= 15 is 0 Å². The SMILES string of the molecule is CN=C(NCCCOCC(C)C)NC1CCN(c2cccs2)CC1. The van der Waals surface area contributed by atoms with Crippen LogP contribution in [-0.4, -0.2) is 51.9 Å². The van der Waals surface area contributed by atoms with Crippen LogP contribution in [0.4, 0.5) is 5.00 Å². The molecule has 2 N–H and O–H groups in total. The van der Waals surface area contributed by atoms with Gasteiger partial charge in [0.1, 0.15) is 0 Å². The van der Waals surface area contributed by atoms with Crippen molar-refractivity contribution in [3.8, 4) is 0 Å². The van der Waals surface area contributed by atoms with E-state index in [1.807, 2.05) is 18.4 Å². The molecule has 0 saturated carbocycles. The minimum Gasteiger partial charge on any atom is -0.381 e. The van der Waals surface area contributed by atoms with Crippen molar-refractivity contribution in [2.24, 2.45) is 10.9 Å². The van der Waals surface area contributed by atoms with Crippen molar-refractivity contribution in [2.45, 2.75) is 39.2 Å². The Kier molecular flexibility index (Phi) is 8.39. The first-order valence-electron chi connectivity index (χ1n) is 9.02. The minimum atomic E-state index is 0.504. The normalized spacial score (nSPS) is 16.7. The summed E-state index contributed by atoms with van der Waals surface area (Å²) in [5.74, 6) is 1.51. The van der Waals surface area contributed by atoms with Crippen molar-refractivity contribution < 1.29 is 4.74 Å².